The van der Waals surface area contributed by atoms with E-state index in [1.54, 1.807) is 0 Å². The van der Waals surface area contributed by atoms with Crippen LogP contribution in [0.4, 0.5) is 19.0 Å². The Morgan fingerprint density at radius 2 is 2.00 bits per heavy atom. The molecule has 1 amide bonds. The molecule has 2 atom stereocenters. The number of nitrogens with zero attached hydrogens (tertiary/aromatic N) is 2. The highest BCUT2D eigenvalue weighted by Gasteiger charge is 2.32. The number of aromatic nitrogens is 3. The SMILES string of the molecule is NC(=O)c1ncc(NC2CS(=O)(=O)CCC2N)nc1-c1cc2cc(C(F)(F)F)ccc2[nH]1. The first-order valence-electron chi connectivity index (χ1n) is 9.53. The molecule has 32 heavy (non-hydrogen) atoms. The molecule has 9 nitrogen and oxygen atoms in total. The van der Waals surface area contributed by atoms with Gasteiger partial charge in [0.15, 0.2) is 15.5 Å². The van der Waals surface area contributed by atoms with Gasteiger partial charge in [-0.1, -0.05) is 0 Å². The van der Waals surface area contributed by atoms with Gasteiger partial charge in [-0.3, -0.25) is 4.79 Å². The average molecular weight is 468 g/mol. The van der Waals surface area contributed by atoms with Crippen LogP contribution in [0.15, 0.2) is 30.5 Å². The first kappa shape index (κ1) is 22.0. The third-order valence-corrected chi connectivity index (χ3v) is 6.98. The van der Waals surface area contributed by atoms with Gasteiger partial charge in [-0.2, -0.15) is 13.2 Å². The van der Waals surface area contributed by atoms with Crippen molar-refractivity contribution in [3.63, 3.8) is 0 Å². The number of aromatic amines is 1. The Morgan fingerprint density at radius 3 is 2.69 bits per heavy atom. The zero-order valence-electron chi connectivity index (χ0n) is 16.5. The fourth-order valence-corrected chi connectivity index (χ4v) is 5.27. The molecular formula is C19H19F3N6O3S. The fraction of sp³-hybridized carbons (Fsp3) is 0.316. The number of sulfone groups is 1. The van der Waals surface area contributed by atoms with Crippen molar-refractivity contribution in [2.24, 2.45) is 11.5 Å². The van der Waals surface area contributed by atoms with Crippen molar-refractivity contribution in [3.05, 3.63) is 41.7 Å². The number of hydrogen-bond acceptors (Lipinski definition) is 7. The lowest BCUT2D eigenvalue weighted by atomic mass is 10.1. The minimum atomic E-state index is -4.51. The fourth-order valence-electron chi connectivity index (χ4n) is 3.60. The number of rotatable bonds is 4. The lowest BCUT2D eigenvalue weighted by Crippen LogP contribution is -2.50. The number of fused-ring (bicyclic) bond motifs is 1. The molecular weight excluding hydrogens is 449 g/mol. The molecule has 3 heterocycles. The van der Waals surface area contributed by atoms with Crippen LogP contribution in [0.25, 0.3) is 22.3 Å². The monoisotopic (exact) mass is 468 g/mol. The van der Waals surface area contributed by atoms with Crippen LogP contribution in [0.1, 0.15) is 22.5 Å². The number of nitrogens with one attached hydrogen (secondary N) is 2. The van der Waals surface area contributed by atoms with Crippen molar-refractivity contribution in [2.75, 3.05) is 16.8 Å². The number of amides is 1. The highest BCUT2D eigenvalue weighted by atomic mass is 32.2. The van der Waals surface area contributed by atoms with Crippen molar-refractivity contribution in [1.29, 1.82) is 0 Å². The zero-order chi connectivity index (χ0) is 23.3. The smallest absolute Gasteiger partial charge is 0.364 e. The number of anilines is 1. The van der Waals surface area contributed by atoms with E-state index in [4.69, 9.17) is 11.5 Å². The normalized spacial score (nSPS) is 20.9. The first-order valence-corrected chi connectivity index (χ1v) is 11.3. The zero-order valence-corrected chi connectivity index (χ0v) is 17.3. The number of H-pyrrole nitrogens is 1. The highest BCUT2D eigenvalue weighted by molar-refractivity contribution is 7.91. The second-order valence-corrected chi connectivity index (χ2v) is 9.85. The Bertz CT molecular complexity index is 1310. The molecule has 1 saturated heterocycles. The molecule has 6 N–H and O–H groups in total. The summed E-state index contributed by atoms with van der Waals surface area (Å²) in [5.74, 6) is -0.920. The Labute approximate surface area is 180 Å². The van der Waals surface area contributed by atoms with Gasteiger partial charge in [-0.25, -0.2) is 18.4 Å². The largest absolute Gasteiger partial charge is 0.416 e. The van der Waals surface area contributed by atoms with Crippen LogP contribution >= 0.6 is 0 Å². The van der Waals surface area contributed by atoms with Crippen molar-refractivity contribution < 1.29 is 26.4 Å². The number of carbonyl (C=O) groups excluding carboxylic acids is 1. The number of nitrogens with two attached hydrogens (primary N) is 2. The van der Waals surface area contributed by atoms with E-state index in [0.717, 1.165) is 12.1 Å². The minimum absolute atomic E-state index is 0.00112. The Hall–Kier alpha value is -3.19. The summed E-state index contributed by atoms with van der Waals surface area (Å²) in [4.78, 5) is 23.1. The Morgan fingerprint density at radius 1 is 1.25 bits per heavy atom. The predicted octanol–water partition coefficient (Wildman–Crippen LogP) is 1.67. The van der Waals surface area contributed by atoms with E-state index in [2.05, 4.69) is 20.3 Å². The molecule has 13 heteroatoms. The van der Waals surface area contributed by atoms with E-state index in [1.165, 1.54) is 18.3 Å². The predicted molar refractivity (Wildman–Crippen MR) is 112 cm³/mol. The lowest BCUT2D eigenvalue weighted by Gasteiger charge is -2.29. The molecule has 1 fully saturated rings. The molecule has 4 rings (SSSR count). The number of carbonyl (C=O) groups is 1. The van der Waals surface area contributed by atoms with Crippen molar-refractivity contribution >= 4 is 32.5 Å². The summed E-state index contributed by atoms with van der Waals surface area (Å²) in [5.41, 5.74) is 11.0. The first-order chi connectivity index (χ1) is 14.9. The Kier molecular flexibility index (Phi) is 5.33. The molecule has 2 aromatic heterocycles. The maximum absolute atomic E-state index is 13.0. The topological polar surface area (TPSA) is 157 Å². The maximum atomic E-state index is 13.0. The van der Waals surface area contributed by atoms with E-state index in [-0.39, 0.29) is 46.2 Å². The van der Waals surface area contributed by atoms with Gasteiger partial charge in [-0.05, 0) is 30.7 Å². The average Bonchev–Trinajstić information content (AvgIpc) is 3.13. The van der Waals surface area contributed by atoms with Crippen LogP contribution in [0, 0.1) is 0 Å². The molecule has 170 valence electrons. The number of alkyl halides is 3. The van der Waals surface area contributed by atoms with Gasteiger partial charge in [0.2, 0.25) is 0 Å². The van der Waals surface area contributed by atoms with Gasteiger partial charge in [0, 0.05) is 16.9 Å². The third-order valence-electron chi connectivity index (χ3n) is 5.25. The third kappa shape index (κ3) is 4.39. The van der Waals surface area contributed by atoms with Crippen LogP contribution < -0.4 is 16.8 Å². The van der Waals surface area contributed by atoms with Gasteiger partial charge in [0.1, 0.15) is 11.5 Å². The molecule has 2 unspecified atom stereocenters. The summed E-state index contributed by atoms with van der Waals surface area (Å²) in [6.07, 6.45) is -3.00. The van der Waals surface area contributed by atoms with Gasteiger partial charge < -0.3 is 21.8 Å². The van der Waals surface area contributed by atoms with Crippen LogP contribution in [0.3, 0.4) is 0 Å². The van der Waals surface area contributed by atoms with Crippen molar-refractivity contribution in [3.8, 4) is 11.4 Å². The van der Waals surface area contributed by atoms with E-state index in [9.17, 15) is 26.4 Å². The summed E-state index contributed by atoms with van der Waals surface area (Å²) < 4.78 is 63.0. The van der Waals surface area contributed by atoms with Crippen LogP contribution in [0.5, 0.6) is 0 Å². The van der Waals surface area contributed by atoms with Gasteiger partial charge >= 0.3 is 6.18 Å². The number of halogens is 3. The number of hydrogen-bond donors (Lipinski definition) is 4. The van der Waals surface area contributed by atoms with E-state index in [0.29, 0.717) is 5.52 Å². The summed E-state index contributed by atoms with van der Waals surface area (Å²) in [6.45, 7) is 0. The van der Waals surface area contributed by atoms with E-state index < -0.39 is 39.6 Å². The van der Waals surface area contributed by atoms with Gasteiger partial charge in [0.25, 0.3) is 5.91 Å². The molecule has 0 spiro atoms. The molecule has 0 aliphatic carbocycles. The Balaban J connectivity index is 1.73. The minimum Gasteiger partial charge on any atom is -0.364 e. The van der Waals surface area contributed by atoms with Crippen molar-refractivity contribution in [2.45, 2.75) is 24.7 Å². The van der Waals surface area contributed by atoms with Crippen molar-refractivity contribution in [1.82, 2.24) is 15.0 Å². The quantitative estimate of drug-likeness (QED) is 0.454. The van der Waals surface area contributed by atoms with Crippen LogP contribution in [-0.2, 0) is 16.0 Å². The second kappa shape index (κ2) is 7.74. The molecule has 0 bridgehead atoms. The summed E-state index contributed by atoms with van der Waals surface area (Å²) in [5, 5.41) is 3.19. The summed E-state index contributed by atoms with van der Waals surface area (Å²) in [7, 11) is -3.27. The summed E-state index contributed by atoms with van der Waals surface area (Å²) in [6, 6.07) is 3.53. The van der Waals surface area contributed by atoms with Gasteiger partial charge in [0.05, 0.1) is 35.0 Å². The molecule has 1 aliphatic rings. The second-order valence-electron chi connectivity index (χ2n) is 7.62. The maximum Gasteiger partial charge on any atom is 0.416 e. The molecule has 1 aromatic carbocycles. The van der Waals surface area contributed by atoms with E-state index >= 15 is 0 Å². The van der Waals surface area contributed by atoms with Crippen LogP contribution in [0.2, 0.25) is 0 Å². The highest BCUT2D eigenvalue weighted by Crippen LogP contribution is 2.33. The lowest BCUT2D eigenvalue weighted by molar-refractivity contribution is -0.137. The standard InChI is InChI=1S/C19H19F3N6O3S/c20-19(21,22)10-1-2-12-9(5-10)6-13(26-12)16-17(18(24)29)25-7-15(28-16)27-14-8-32(30,31)4-3-11(14)23/h1-2,5-7,11,14,26H,3-4,8,23H2,(H2,24,29)(H,27,28). The molecule has 0 saturated carbocycles. The molecule has 3 aromatic rings. The molecule has 0 radical (unpaired) electrons. The van der Waals surface area contributed by atoms with Crippen LogP contribution in [-0.4, -0.2) is 52.9 Å². The summed E-state index contributed by atoms with van der Waals surface area (Å²) >= 11 is 0. The number of primary amides is 1. The number of benzene rings is 1. The molecule has 1 aliphatic heterocycles. The van der Waals surface area contributed by atoms with Gasteiger partial charge in [-0.15, -0.1) is 0 Å². The van der Waals surface area contributed by atoms with E-state index in [1.807, 2.05) is 0 Å².